The summed E-state index contributed by atoms with van der Waals surface area (Å²) in [6.07, 6.45) is 1.49. The molecule has 2 rings (SSSR count). The normalized spacial score (nSPS) is 10.7. The molecule has 0 spiro atoms. The molecular formula is C15H11Br2N3O3. The Morgan fingerprint density at radius 2 is 1.91 bits per heavy atom. The number of nitrogens with zero attached hydrogens (tertiary/aromatic N) is 2. The van der Waals surface area contributed by atoms with Crippen LogP contribution in [0.3, 0.4) is 0 Å². The van der Waals surface area contributed by atoms with Gasteiger partial charge in [-0.2, -0.15) is 5.10 Å². The summed E-state index contributed by atoms with van der Waals surface area (Å²) in [4.78, 5) is 22.1. The van der Waals surface area contributed by atoms with Gasteiger partial charge in [0.25, 0.3) is 11.6 Å². The van der Waals surface area contributed by atoms with Crippen molar-refractivity contribution in [2.75, 3.05) is 0 Å². The number of rotatable bonds is 4. The van der Waals surface area contributed by atoms with Crippen LogP contribution in [0.4, 0.5) is 5.69 Å². The Labute approximate surface area is 149 Å². The molecule has 0 unspecified atom stereocenters. The van der Waals surface area contributed by atoms with Gasteiger partial charge in [0.2, 0.25) is 0 Å². The Morgan fingerprint density at radius 1 is 1.26 bits per heavy atom. The maximum absolute atomic E-state index is 11.9. The standard InChI is InChI=1S/C15H11Br2N3O3/c1-9-13(16)5-10(6-14(9)17)8-18-19-15(21)11-3-2-4-12(7-11)20(22)23/h2-8H,1H3,(H,19,21)/b18-8+. The summed E-state index contributed by atoms with van der Waals surface area (Å²) in [5.74, 6) is -0.518. The number of carbonyl (C=O) groups excluding carboxylic acids is 1. The topological polar surface area (TPSA) is 84.6 Å². The second kappa shape index (κ2) is 7.47. The average molecular weight is 441 g/mol. The summed E-state index contributed by atoms with van der Waals surface area (Å²) in [5.41, 5.74) is 4.21. The SMILES string of the molecule is Cc1c(Br)cc(/C=N/NC(=O)c2cccc([N+](=O)[O-])c2)cc1Br. The molecule has 0 heterocycles. The maximum atomic E-state index is 11.9. The first-order valence-corrected chi connectivity index (χ1v) is 8.00. The van der Waals surface area contributed by atoms with Gasteiger partial charge in [-0.3, -0.25) is 14.9 Å². The Bertz CT molecular complexity index is 783. The van der Waals surface area contributed by atoms with E-state index in [1.165, 1.54) is 30.5 Å². The number of nitrogens with one attached hydrogen (secondary N) is 1. The van der Waals surface area contributed by atoms with Crippen LogP contribution in [-0.4, -0.2) is 17.0 Å². The lowest BCUT2D eigenvalue weighted by molar-refractivity contribution is -0.384. The molecule has 2 aromatic rings. The van der Waals surface area contributed by atoms with Gasteiger partial charge in [-0.15, -0.1) is 0 Å². The summed E-state index contributed by atoms with van der Waals surface area (Å²) >= 11 is 6.87. The molecule has 118 valence electrons. The lowest BCUT2D eigenvalue weighted by Gasteiger charge is -2.03. The molecule has 0 saturated heterocycles. The van der Waals surface area contributed by atoms with Crippen LogP contribution in [-0.2, 0) is 0 Å². The van der Waals surface area contributed by atoms with Crippen molar-refractivity contribution < 1.29 is 9.72 Å². The monoisotopic (exact) mass is 439 g/mol. The van der Waals surface area contributed by atoms with Crippen molar-refractivity contribution in [1.82, 2.24) is 5.43 Å². The van der Waals surface area contributed by atoms with E-state index in [1.54, 1.807) is 0 Å². The van der Waals surface area contributed by atoms with Crippen LogP contribution in [0.25, 0.3) is 0 Å². The summed E-state index contributed by atoms with van der Waals surface area (Å²) in [5, 5.41) is 14.6. The van der Waals surface area contributed by atoms with Crippen molar-refractivity contribution in [2.45, 2.75) is 6.92 Å². The molecule has 0 atom stereocenters. The number of amides is 1. The molecule has 0 radical (unpaired) electrons. The van der Waals surface area contributed by atoms with Crippen LogP contribution in [0, 0.1) is 17.0 Å². The van der Waals surface area contributed by atoms with Crippen LogP contribution >= 0.6 is 31.9 Å². The quantitative estimate of drug-likeness (QED) is 0.439. The molecule has 0 aliphatic carbocycles. The zero-order chi connectivity index (χ0) is 17.0. The highest BCUT2D eigenvalue weighted by atomic mass is 79.9. The van der Waals surface area contributed by atoms with Gasteiger partial charge in [0, 0.05) is 26.6 Å². The number of nitro groups is 1. The van der Waals surface area contributed by atoms with Gasteiger partial charge >= 0.3 is 0 Å². The Balaban J connectivity index is 2.10. The first kappa shape index (κ1) is 17.3. The summed E-state index contributed by atoms with van der Waals surface area (Å²) in [7, 11) is 0. The van der Waals surface area contributed by atoms with Crippen molar-refractivity contribution in [3.05, 3.63) is 72.1 Å². The van der Waals surface area contributed by atoms with Crippen LogP contribution in [0.2, 0.25) is 0 Å². The number of nitro benzene ring substituents is 1. The largest absolute Gasteiger partial charge is 0.271 e. The highest BCUT2D eigenvalue weighted by molar-refractivity contribution is 9.11. The third kappa shape index (κ3) is 4.46. The fourth-order valence-electron chi connectivity index (χ4n) is 1.73. The van der Waals surface area contributed by atoms with Gasteiger partial charge in [-0.05, 0) is 36.2 Å². The van der Waals surface area contributed by atoms with E-state index in [4.69, 9.17) is 0 Å². The van der Waals surface area contributed by atoms with E-state index in [0.29, 0.717) is 0 Å². The molecule has 0 saturated carbocycles. The van der Waals surface area contributed by atoms with Crippen molar-refractivity contribution in [3.63, 3.8) is 0 Å². The van der Waals surface area contributed by atoms with E-state index >= 15 is 0 Å². The number of benzene rings is 2. The number of carbonyl (C=O) groups is 1. The molecule has 0 aromatic heterocycles. The highest BCUT2D eigenvalue weighted by Crippen LogP contribution is 2.25. The molecule has 0 aliphatic heterocycles. The predicted molar refractivity (Wildman–Crippen MR) is 94.7 cm³/mol. The van der Waals surface area contributed by atoms with Crippen molar-refractivity contribution in [2.24, 2.45) is 5.10 Å². The first-order valence-electron chi connectivity index (χ1n) is 6.42. The summed E-state index contributed by atoms with van der Waals surface area (Å²) < 4.78 is 1.83. The zero-order valence-electron chi connectivity index (χ0n) is 11.9. The maximum Gasteiger partial charge on any atom is 0.271 e. The lowest BCUT2D eigenvalue weighted by Crippen LogP contribution is -2.17. The number of hydrogen-bond donors (Lipinski definition) is 1. The first-order chi connectivity index (χ1) is 10.9. The van der Waals surface area contributed by atoms with Crippen LogP contribution in [0.5, 0.6) is 0 Å². The van der Waals surface area contributed by atoms with Crippen LogP contribution in [0.1, 0.15) is 21.5 Å². The highest BCUT2D eigenvalue weighted by Gasteiger charge is 2.10. The van der Waals surface area contributed by atoms with Crippen molar-refractivity contribution in [3.8, 4) is 0 Å². The Kier molecular flexibility index (Phi) is 5.62. The molecular weight excluding hydrogens is 430 g/mol. The zero-order valence-corrected chi connectivity index (χ0v) is 15.1. The molecule has 2 aromatic carbocycles. The number of hydrogen-bond acceptors (Lipinski definition) is 4. The minimum atomic E-state index is -0.554. The van der Waals surface area contributed by atoms with E-state index in [1.807, 2.05) is 19.1 Å². The van der Waals surface area contributed by atoms with E-state index in [2.05, 4.69) is 42.4 Å². The van der Waals surface area contributed by atoms with E-state index in [-0.39, 0.29) is 11.3 Å². The molecule has 8 heteroatoms. The third-order valence-corrected chi connectivity index (χ3v) is 4.65. The predicted octanol–water partition coefficient (Wildman–Crippen LogP) is 4.19. The number of halogens is 2. The third-order valence-electron chi connectivity index (χ3n) is 3.00. The molecule has 6 nitrogen and oxygen atoms in total. The molecule has 0 aliphatic rings. The second-order valence-electron chi connectivity index (χ2n) is 4.62. The lowest BCUT2D eigenvalue weighted by atomic mass is 10.2. The van der Waals surface area contributed by atoms with Gasteiger partial charge in [-0.25, -0.2) is 5.43 Å². The van der Waals surface area contributed by atoms with E-state index in [0.717, 1.165) is 20.1 Å². The molecule has 1 amide bonds. The summed E-state index contributed by atoms with van der Waals surface area (Å²) in [6, 6.07) is 9.18. The van der Waals surface area contributed by atoms with E-state index < -0.39 is 10.8 Å². The second-order valence-corrected chi connectivity index (χ2v) is 6.32. The Hall–Kier alpha value is -2.06. The van der Waals surface area contributed by atoms with Crippen molar-refractivity contribution in [1.29, 1.82) is 0 Å². The van der Waals surface area contributed by atoms with Crippen LogP contribution in [0.15, 0.2) is 50.4 Å². The molecule has 0 fully saturated rings. The average Bonchev–Trinajstić information content (AvgIpc) is 2.52. The fraction of sp³-hybridized carbons (Fsp3) is 0.0667. The molecule has 23 heavy (non-hydrogen) atoms. The minimum Gasteiger partial charge on any atom is -0.267 e. The summed E-state index contributed by atoms with van der Waals surface area (Å²) in [6.45, 7) is 1.96. The van der Waals surface area contributed by atoms with E-state index in [9.17, 15) is 14.9 Å². The van der Waals surface area contributed by atoms with Gasteiger partial charge in [-0.1, -0.05) is 37.9 Å². The smallest absolute Gasteiger partial charge is 0.267 e. The van der Waals surface area contributed by atoms with Gasteiger partial charge in [0.1, 0.15) is 0 Å². The van der Waals surface area contributed by atoms with Gasteiger partial charge in [0.05, 0.1) is 11.1 Å². The number of non-ortho nitro benzene ring substituents is 1. The number of hydrazone groups is 1. The fourth-order valence-corrected chi connectivity index (χ4v) is 2.95. The van der Waals surface area contributed by atoms with Gasteiger partial charge < -0.3 is 0 Å². The minimum absolute atomic E-state index is 0.145. The van der Waals surface area contributed by atoms with Gasteiger partial charge in [0.15, 0.2) is 0 Å². The molecule has 0 bridgehead atoms. The van der Waals surface area contributed by atoms with Crippen molar-refractivity contribution >= 4 is 49.7 Å². The Morgan fingerprint density at radius 3 is 2.52 bits per heavy atom. The van der Waals surface area contributed by atoms with Crippen LogP contribution < -0.4 is 5.43 Å². The molecule has 1 N–H and O–H groups in total.